The van der Waals surface area contributed by atoms with Gasteiger partial charge < -0.3 is 15.2 Å². The summed E-state index contributed by atoms with van der Waals surface area (Å²) < 4.78 is 6.89. The zero-order chi connectivity index (χ0) is 20.4. The van der Waals surface area contributed by atoms with Gasteiger partial charge in [0, 0.05) is 30.9 Å². The lowest BCUT2D eigenvalue weighted by molar-refractivity contribution is -0.121. The number of fused-ring (bicyclic) bond motifs is 1. The first-order chi connectivity index (χ1) is 14.0. The van der Waals surface area contributed by atoms with E-state index in [0.29, 0.717) is 30.8 Å². The lowest BCUT2D eigenvalue weighted by atomic mass is 10.1. The Kier molecular flexibility index (Phi) is 5.11. The van der Waals surface area contributed by atoms with E-state index in [1.54, 1.807) is 30.2 Å². The minimum atomic E-state index is -0.183. The van der Waals surface area contributed by atoms with Gasteiger partial charge in [0.05, 0.1) is 42.2 Å². The average Bonchev–Trinajstić information content (AvgIpc) is 3.37. The van der Waals surface area contributed by atoms with E-state index >= 15 is 0 Å². The van der Waals surface area contributed by atoms with E-state index in [1.165, 1.54) is 0 Å². The molecule has 3 aromatic rings. The molecule has 0 bridgehead atoms. The Labute approximate surface area is 167 Å². The molecule has 0 aromatic carbocycles. The van der Waals surface area contributed by atoms with Crippen molar-refractivity contribution in [3.8, 4) is 0 Å². The molecule has 0 aliphatic carbocycles. The van der Waals surface area contributed by atoms with Gasteiger partial charge in [0.25, 0.3) is 5.91 Å². The third-order valence-corrected chi connectivity index (χ3v) is 5.09. The Morgan fingerprint density at radius 2 is 2.17 bits per heavy atom. The number of carbonyl (C=O) groups excluding carboxylic acids is 2. The van der Waals surface area contributed by atoms with Gasteiger partial charge in [0.2, 0.25) is 5.91 Å². The van der Waals surface area contributed by atoms with Gasteiger partial charge in [0.15, 0.2) is 0 Å². The minimum absolute atomic E-state index is 0.0993. The summed E-state index contributed by atoms with van der Waals surface area (Å²) in [6, 6.07) is 3.63. The number of hydrogen-bond donors (Lipinski definition) is 2. The maximum absolute atomic E-state index is 12.6. The number of pyridine rings is 1. The van der Waals surface area contributed by atoms with E-state index in [9.17, 15) is 9.59 Å². The fourth-order valence-corrected chi connectivity index (χ4v) is 3.55. The average molecular weight is 394 g/mol. The first-order valence-corrected chi connectivity index (χ1v) is 9.44. The van der Waals surface area contributed by atoms with Crippen molar-refractivity contribution in [3.63, 3.8) is 0 Å². The summed E-state index contributed by atoms with van der Waals surface area (Å²) in [5.41, 5.74) is 3.83. The predicted molar refractivity (Wildman–Crippen MR) is 103 cm³/mol. The minimum Gasteiger partial charge on any atom is -0.361 e. The Bertz CT molecular complexity index is 1020. The summed E-state index contributed by atoms with van der Waals surface area (Å²) in [6.07, 6.45) is 5.76. The Balaban J connectivity index is 1.35. The molecule has 9 heteroatoms. The topological polar surface area (TPSA) is 115 Å². The maximum atomic E-state index is 12.6. The number of nitrogens with one attached hydrogen (secondary N) is 2. The molecule has 1 aliphatic heterocycles. The molecule has 0 saturated heterocycles. The number of aromatic nitrogens is 4. The van der Waals surface area contributed by atoms with Gasteiger partial charge in [0.1, 0.15) is 5.76 Å². The van der Waals surface area contributed by atoms with Crippen molar-refractivity contribution in [1.82, 2.24) is 30.6 Å². The summed E-state index contributed by atoms with van der Waals surface area (Å²) in [5, 5.41) is 14.1. The third kappa shape index (κ3) is 4.03. The van der Waals surface area contributed by atoms with Crippen LogP contribution in [0.3, 0.4) is 0 Å². The molecule has 29 heavy (non-hydrogen) atoms. The highest BCUT2D eigenvalue weighted by atomic mass is 16.5. The molecule has 0 unspecified atom stereocenters. The van der Waals surface area contributed by atoms with Crippen LogP contribution < -0.4 is 10.6 Å². The number of hydrogen-bond acceptors (Lipinski definition) is 6. The molecule has 0 radical (unpaired) electrons. The predicted octanol–water partition coefficient (Wildman–Crippen LogP) is 1.10. The summed E-state index contributed by atoms with van der Waals surface area (Å²) in [4.78, 5) is 29.0. The number of carbonyl (C=O) groups is 2. The van der Waals surface area contributed by atoms with Crippen LogP contribution in [0.1, 0.15) is 38.6 Å². The highest BCUT2D eigenvalue weighted by molar-refractivity contribution is 5.95. The second-order valence-electron chi connectivity index (χ2n) is 7.18. The van der Waals surface area contributed by atoms with Crippen LogP contribution in [0.25, 0.3) is 0 Å². The summed E-state index contributed by atoms with van der Waals surface area (Å²) in [5.74, 6) is 0.375. The molecule has 1 atom stereocenters. The first-order valence-electron chi connectivity index (χ1n) is 9.44. The molecular formula is C20H22N6O3. The highest BCUT2D eigenvalue weighted by Crippen LogP contribution is 2.20. The molecule has 4 heterocycles. The standard InChI is InChI=1S/C20H22N6O3/c1-12-16(13(2)29-25-12)7-19(27)24-15-6-18-17(10-23-26(18)11-15)20(28)22-9-14-4-3-5-21-8-14/h3-5,8,10,15H,6-7,9,11H2,1-2H3,(H,22,28)(H,24,27)/t15-/m0/s1. The van der Waals surface area contributed by atoms with Crippen molar-refractivity contribution >= 4 is 11.8 Å². The SMILES string of the molecule is Cc1noc(C)c1CC(=O)N[C@H]1Cc2c(C(=O)NCc3cccnc3)cnn2C1. The summed E-state index contributed by atoms with van der Waals surface area (Å²) >= 11 is 0. The van der Waals surface area contributed by atoms with E-state index in [0.717, 1.165) is 22.5 Å². The number of aryl methyl sites for hydroxylation is 2. The van der Waals surface area contributed by atoms with Crippen molar-refractivity contribution < 1.29 is 14.1 Å². The van der Waals surface area contributed by atoms with Gasteiger partial charge in [-0.3, -0.25) is 19.3 Å². The number of nitrogens with zero attached hydrogens (tertiary/aromatic N) is 4. The normalized spacial score (nSPS) is 15.2. The van der Waals surface area contributed by atoms with E-state index in [-0.39, 0.29) is 24.3 Å². The lowest BCUT2D eigenvalue weighted by Gasteiger charge is -2.11. The zero-order valence-electron chi connectivity index (χ0n) is 16.3. The Morgan fingerprint density at radius 1 is 1.31 bits per heavy atom. The van der Waals surface area contributed by atoms with Crippen LogP contribution in [0, 0.1) is 13.8 Å². The molecule has 2 amide bonds. The fourth-order valence-electron chi connectivity index (χ4n) is 3.55. The van der Waals surface area contributed by atoms with E-state index in [1.807, 2.05) is 19.1 Å². The van der Waals surface area contributed by atoms with E-state index < -0.39 is 0 Å². The number of rotatable bonds is 6. The highest BCUT2D eigenvalue weighted by Gasteiger charge is 2.29. The molecule has 0 fully saturated rings. The Morgan fingerprint density at radius 3 is 2.90 bits per heavy atom. The molecule has 2 N–H and O–H groups in total. The molecule has 1 aliphatic rings. The first kappa shape index (κ1) is 18.9. The van der Waals surface area contributed by atoms with Crippen molar-refractivity contribution in [3.05, 3.63) is 64.6 Å². The van der Waals surface area contributed by atoms with Crippen LogP contribution in [0.15, 0.2) is 35.2 Å². The zero-order valence-corrected chi connectivity index (χ0v) is 16.3. The maximum Gasteiger partial charge on any atom is 0.255 e. The van der Waals surface area contributed by atoms with Gasteiger partial charge >= 0.3 is 0 Å². The van der Waals surface area contributed by atoms with E-state index in [4.69, 9.17) is 4.52 Å². The van der Waals surface area contributed by atoms with Crippen LogP contribution in [0.5, 0.6) is 0 Å². The number of amides is 2. The van der Waals surface area contributed by atoms with Crippen molar-refractivity contribution in [2.75, 3.05) is 0 Å². The monoisotopic (exact) mass is 394 g/mol. The molecule has 4 rings (SSSR count). The third-order valence-electron chi connectivity index (χ3n) is 5.09. The summed E-state index contributed by atoms with van der Waals surface area (Å²) in [7, 11) is 0. The van der Waals surface area contributed by atoms with Gasteiger partial charge in [-0.25, -0.2) is 0 Å². The lowest BCUT2D eigenvalue weighted by Crippen LogP contribution is -2.37. The molecule has 150 valence electrons. The largest absolute Gasteiger partial charge is 0.361 e. The van der Waals surface area contributed by atoms with Crippen molar-refractivity contribution in [2.24, 2.45) is 0 Å². The van der Waals surface area contributed by atoms with Gasteiger partial charge in [-0.05, 0) is 25.5 Å². The van der Waals surface area contributed by atoms with Gasteiger partial charge in [-0.15, -0.1) is 0 Å². The smallest absolute Gasteiger partial charge is 0.255 e. The second kappa shape index (κ2) is 7.86. The van der Waals surface area contributed by atoms with Crippen LogP contribution in [-0.4, -0.2) is 37.8 Å². The van der Waals surface area contributed by atoms with Gasteiger partial charge in [-0.2, -0.15) is 5.10 Å². The fraction of sp³-hybridized carbons (Fsp3) is 0.350. The van der Waals surface area contributed by atoms with Crippen LogP contribution >= 0.6 is 0 Å². The Hall–Kier alpha value is -3.49. The molecule has 3 aromatic heterocycles. The molecular weight excluding hydrogens is 372 g/mol. The van der Waals surface area contributed by atoms with Crippen LogP contribution in [0.4, 0.5) is 0 Å². The molecule has 9 nitrogen and oxygen atoms in total. The quantitative estimate of drug-likeness (QED) is 0.647. The van der Waals surface area contributed by atoms with Crippen LogP contribution in [-0.2, 0) is 30.7 Å². The van der Waals surface area contributed by atoms with Gasteiger partial charge in [-0.1, -0.05) is 11.2 Å². The van der Waals surface area contributed by atoms with E-state index in [2.05, 4.69) is 25.9 Å². The molecule has 0 spiro atoms. The van der Waals surface area contributed by atoms with Crippen molar-refractivity contribution in [1.29, 1.82) is 0 Å². The molecule has 0 saturated carbocycles. The second-order valence-corrected chi connectivity index (χ2v) is 7.18. The van der Waals surface area contributed by atoms with Crippen molar-refractivity contribution in [2.45, 2.75) is 45.8 Å². The summed E-state index contributed by atoms with van der Waals surface area (Å²) in [6.45, 7) is 4.55. The van der Waals surface area contributed by atoms with Crippen LogP contribution in [0.2, 0.25) is 0 Å².